The number of rotatable bonds is 4. The van der Waals surface area contributed by atoms with E-state index in [2.05, 4.69) is 146 Å². The number of nitrogens with zero attached hydrogens (tertiary/aromatic N) is 3. The first-order chi connectivity index (χ1) is 25.7. The van der Waals surface area contributed by atoms with Crippen LogP contribution in [0.5, 0.6) is 0 Å². The molecular formula is C47H27IN3S-. The summed E-state index contributed by atoms with van der Waals surface area (Å²) in [4.78, 5) is 15.6. The first-order valence-electron chi connectivity index (χ1n) is 17.3. The third-order valence-electron chi connectivity index (χ3n) is 10.0. The fraction of sp³-hybridized carbons (Fsp3) is 0. The van der Waals surface area contributed by atoms with Crippen molar-refractivity contribution in [3.8, 4) is 56.2 Å². The van der Waals surface area contributed by atoms with E-state index in [9.17, 15) is 0 Å². The van der Waals surface area contributed by atoms with Gasteiger partial charge in [-0.1, -0.05) is 48.5 Å². The van der Waals surface area contributed by atoms with Crippen molar-refractivity contribution in [2.24, 2.45) is 0 Å². The maximum Gasteiger partial charge on any atom is 0.0936 e. The molecule has 10 aromatic rings. The molecule has 0 aliphatic carbocycles. The fourth-order valence-corrected chi connectivity index (χ4v) is 11.9. The second-order valence-electron chi connectivity index (χ2n) is 13.1. The van der Waals surface area contributed by atoms with Crippen molar-refractivity contribution < 1.29 is 21.2 Å². The van der Waals surface area contributed by atoms with E-state index in [1.165, 1.54) is 55.6 Å². The molecule has 0 atom stereocenters. The minimum absolute atomic E-state index is 0.313. The van der Waals surface area contributed by atoms with Gasteiger partial charge in [-0.2, -0.15) is 0 Å². The molecule has 0 spiro atoms. The van der Waals surface area contributed by atoms with Crippen LogP contribution in [-0.4, -0.2) is 15.0 Å². The van der Waals surface area contributed by atoms with E-state index < -0.39 is 0 Å². The number of halogens is 1. The van der Waals surface area contributed by atoms with Gasteiger partial charge in [-0.3, -0.25) is 0 Å². The quantitative estimate of drug-likeness (QED) is 0.132. The van der Waals surface area contributed by atoms with Gasteiger partial charge in [-0.25, -0.2) is 9.97 Å². The van der Waals surface area contributed by atoms with E-state index in [0.717, 1.165) is 49.6 Å². The molecule has 3 nitrogen and oxygen atoms in total. The molecular weight excluding hydrogens is 766 g/mol. The molecule has 52 heavy (non-hydrogen) atoms. The zero-order valence-corrected chi connectivity index (χ0v) is 30.7. The van der Waals surface area contributed by atoms with Gasteiger partial charge >= 0.3 is 209 Å². The zero-order chi connectivity index (χ0) is 34.2. The molecule has 4 heterocycles. The normalized spacial score (nSPS) is 12.3. The third kappa shape index (κ3) is 4.80. The summed E-state index contributed by atoms with van der Waals surface area (Å²) in [5.41, 5.74) is 12.4. The Kier molecular flexibility index (Phi) is 6.85. The van der Waals surface area contributed by atoms with Crippen LogP contribution in [0.15, 0.2) is 164 Å². The molecule has 244 valence electrons. The molecule has 0 amide bonds. The molecule has 3 aromatic heterocycles. The van der Waals surface area contributed by atoms with Gasteiger partial charge < -0.3 is 0 Å². The molecule has 0 radical (unpaired) electrons. The van der Waals surface area contributed by atoms with Crippen LogP contribution in [-0.2, 0) is 0 Å². The van der Waals surface area contributed by atoms with Crippen molar-refractivity contribution in [2.45, 2.75) is 0 Å². The molecule has 0 bridgehead atoms. The van der Waals surface area contributed by atoms with E-state index >= 15 is 0 Å². The second kappa shape index (κ2) is 11.9. The van der Waals surface area contributed by atoms with Crippen molar-refractivity contribution in [1.82, 2.24) is 15.0 Å². The fourth-order valence-electron chi connectivity index (χ4n) is 7.46. The molecule has 1 aliphatic rings. The molecule has 11 rings (SSSR count). The Morgan fingerprint density at radius 1 is 0.462 bits per heavy atom. The van der Waals surface area contributed by atoms with Crippen LogP contribution in [0.25, 0.3) is 98.1 Å². The van der Waals surface area contributed by atoms with Gasteiger partial charge in [0.15, 0.2) is 5.82 Å². The van der Waals surface area contributed by atoms with Gasteiger partial charge in [0.25, 0.3) is 0 Å². The summed E-state index contributed by atoms with van der Waals surface area (Å²) in [6.45, 7) is 0. The summed E-state index contributed by atoms with van der Waals surface area (Å²) in [7, 11) is 0. The van der Waals surface area contributed by atoms with Crippen LogP contribution in [0.1, 0.15) is 0 Å². The Balaban J connectivity index is 0.995. The Labute approximate surface area is 314 Å². The molecule has 7 aromatic carbocycles. The van der Waals surface area contributed by atoms with Crippen LogP contribution < -0.4 is 21.2 Å². The van der Waals surface area contributed by atoms with Crippen LogP contribution >= 0.6 is 11.3 Å². The molecule has 0 unspecified atom stereocenters. The summed E-state index contributed by atoms with van der Waals surface area (Å²) in [5, 5.41) is 4.97. The average molecular weight is 793 g/mol. The smallest absolute Gasteiger partial charge is 0.0936 e. The maximum absolute atomic E-state index is 5.39. The van der Waals surface area contributed by atoms with Crippen molar-refractivity contribution >= 4 is 53.3 Å². The van der Waals surface area contributed by atoms with E-state index in [-0.39, 0.29) is 21.2 Å². The van der Waals surface area contributed by atoms with Gasteiger partial charge in [0.05, 0.1) is 10.2 Å². The predicted octanol–water partition coefficient (Wildman–Crippen LogP) is 9.32. The number of aromatic nitrogens is 3. The Morgan fingerprint density at radius 2 is 1.10 bits per heavy atom. The van der Waals surface area contributed by atoms with Crippen molar-refractivity contribution in [3.05, 3.63) is 171 Å². The monoisotopic (exact) mass is 792 g/mol. The molecule has 0 N–H and O–H groups in total. The van der Waals surface area contributed by atoms with Gasteiger partial charge in [-0.05, 0) is 6.07 Å². The third-order valence-corrected chi connectivity index (χ3v) is 14.4. The topological polar surface area (TPSA) is 38.7 Å². The van der Waals surface area contributed by atoms with E-state index in [4.69, 9.17) is 15.0 Å². The van der Waals surface area contributed by atoms with Gasteiger partial charge in [-0.15, -0.1) is 11.3 Å². The zero-order valence-electron chi connectivity index (χ0n) is 27.7. The van der Waals surface area contributed by atoms with Crippen LogP contribution in [0.3, 0.4) is 0 Å². The second-order valence-corrected chi connectivity index (χ2v) is 17.0. The Hall–Kier alpha value is -5.76. The predicted molar refractivity (Wildman–Crippen MR) is 212 cm³/mol. The number of thiophene rings is 1. The minimum atomic E-state index is -0.313. The first-order valence-corrected chi connectivity index (χ1v) is 20.3. The van der Waals surface area contributed by atoms with Gasteiger partial charge in [0, 0.05) is 15.6 Å². The maximum atomic E-state index is 5.39. The summed E-state index contributed by atoms with van der Waals surface area (Å²) in [5.74, 6) is 0.748. The van der Waals surface area contributed by atoms with Crippen molar-refractivity contribution in [1.29, 1.82) is 0 Å². The summed E-state index contributed by atoms with van der Waals surface area (Å²) < 4.78 is 5.30. The minimum Gasteiger partial charge on any atom is -0.226 e. The number of hydrogen-bond acceptors (Lipinski definition) is 4. The molecule has 1 aliphatic heterocycles. The molecule has 5 heteroatoms. The van der Waals surface area contributed by atoms with Gasteiger partial charge in [0.1, 0.15) is 0 Å². The van der Waals surface area contributed by atoms with Crippen LogP contribution in [0.2, 0.25) is 0 Å². The van der Waals surface area contributed by atoms with Crippen LogP contribution in [0, 0.1) is 7.14 Å². The molecule has 0 saturated carbocycles. The van der Waals surface area contributed by atoms with E-state index in [0.29, 0.717) is 0 Å². The Bertz CT molecular complexity index is 3020. The average Bonchev–Trinajstić information content (AvgIpc) is 3.79. The standard InChI is InChI=1S/C47H27IN3S/c1-2-10-32(11-3-1)47-50-44(46-45(51-47)36-15-7-9-17-40(36)52-46)31-24-20-29(21-25-31)28-18-22-30(23-19-28)43-41-35-14-6-8-16-38(35)48-42(41)37-26-33-12-4-5-13-34(33)27-39(37)49-43/h1-27H/q-1. The molecule has 0 fully saturated rings. The number of pyridine rings is 1. The van der Waals surface area contributed by atoms with Crippen LogP contribution in [0.4, 0.5) is 0 Å². The summed E-state index contributed by atoms with van der Waals surface area (Å²) >= 11 is 1.45. The summed E-state index contributed by atoms with van der Waals surface area (Å²) in [6.07, 6.45) is 0. The number of fused-ring (bicyclic) bond motifs is 9. The van der Waals surface area contributed by atoms with E-state index in [1.54, 1.807) is 11.3 Å². The first kappa shape index (κ1) is 29.9. The molecule has 0 saturated heterocycles. The summed E-state index contributed by atoms with van der Waals surface area (Å²) in [6, 6.07) is 58.7. The van der Waals surface area contributed by atoms with Crippen molar-refractivity contribution in [2.75, 3.05) is 0 Å². The van der Waals surface area contributed by atoms with Crippen molar-refractivity contribution in [3.63, 3.8) is 0 Å². The Morgan fingerprint density at radius 3 is 1.88 bits per heavy atom. The number of hydrogen-bond donors (Lipinski definition) is 0. The number of benzene rings is 7. The largest absolute Gasteiger partial charge is 0.226 e. The SMILES string of the molecule is c1ccc(-c2nc(-c3ccc(-c4ccc(-c5nc6cc7ccccc7cc6c6c5-c5ccccc5[I-]6)cc4)cc3)c3sc4ccccc4c3n2)cc1. The van der Waals surface area contributed by atoms with Gasteiger partial charge in [0.2, 0.25) is 0 Å². The van der Waals surface area contributed by atoms with E-state index in [1.807, 2.05) is 18.2 Å².